The monoisotopic (exact) mass is 408 g/mol. The zero-order chi connectivity index (χ0) is 20.8. The van der Waals surface area contributed by atoms with Gasteiger partial charge in [0, 0.05) is 22.6 Å². The fourth-order valence-electron chi connectivity index (χ4n) is 2.69. The first-order chi connectivity index (χ1) is 13.9. The van der Waals surface area contributed by atoms with Crippen LogP contribution in [-0.4, -0.2) is 16.4 Å². The summed E-state index contributed by atoms with van der Waals surface area (Å²) >= 11 is -1.57. The Morgan fingerprint density at radius 2 is 1.62 bits per heavy atom. The minimum Gasteiger partial charge on any atom is -0.593 e. The molecule has 1 unspecified atom stereocenters. The number of hydrogen-bond donors (Lipinski definition) is 4. The molecule has 148 valence electrons. The van der Waals surface area contributed by atoms with Crippen LogP contribution in [0.15, 0.2) is 77.7 Å². The lowest BCUT2D eigenvalue weighted by Crippen LogP contribution is -2.17. The van der Waals surface area contributed by atoms with Crippen LogP contribution in [0.5, 0.6) is 0 Å². The summed E-state index contributed by atoms with van der Waals surface area (Å²) in [5, 5.41) is 10.8. The van der Waals surface area contributed by atoms with Crippen molar-refractivity contribution in [2.45, 2.75) is 11.3 Å². The van der Waals surface area contributed by atoms with E-state index in [0.29, 0.717) is 27.5 Å². The average molecular weight is 408 g/mol. The molecular formula is C21H20N4O3S. The number of carbonyl (C=O) groups is 2. The highest BCUT2D eigenvalue weighted by Crippen LogP contribution is 2.17. The molecule has 0 aliphatic rings. The van der Waals surface area contributed by atoms with Crippen molar-refractivity contribution in [3.63, 3.8) is 0 Å². The molecule has 7 nitrogen and oxygen atoms in total. The minimum atomic E-state index is -1.57. The van der Waals surface area contributed by atoms with Gasteiger partial charge in [0.1, 0.15) is 0 Å². The lowest BCUT2D eigenvalue weighted by molar-refractivity contribution is -0.115. The molecule has 3 aromatic rings. The standard InChI is InChI=1S/C21H20N4O3S/c22-19-7-2-1-4-14(19)13-20(26)24-17-6-3-5-15(12-17)21(27)25-16-8-10-18(11-9-16)29(23)28/h1-12H,13,22-23H2,(H,24,26)(H,25,27). The first kappa shape index (κ1) is 20.4. The van der Waals surface area contributed by atoms with E-state index in [1.54, 1.807) is 60.7 Å². The molecule has 6 N–H and O–H groups in total. The maximum absolute atomic E-state index is 12.5. The Morgan fingerprint density at radius 1 is 0.897 bits per heavy atom. The maximum Gasteiger partial charge on any atom is 0.255 e. The van der Waals surface area contributed by atoms with Crippen molar-refractivity contribution in [1.82, 2.24) is 0 Å². The normalized spacial score (nSPS) is 11.5. The van der Waals surface area contributed by atoms with E-state index in [-0.39, 0.29) is 18.2 Å². The number of nitrogen functional groups attached to an aromatic ring is 1. The second-order valence-electron chi connectivity index (χ2n) is 6.28. The van der Waals surface area contributed by atoms with E-state index in [0.717, 1.165) is 5.56 Å². The highest BCUT2D eigenvalue weighted by Gasteiger charge is 2.11. The van der Waals surface area contributed by atoms with Crippen molar-refractivity contribution in [2.24, 2.45) is 5.14 Å². The van der Waals surface area contributed by atoms with Gasteiger partial charge in [-0.05, 0) is 54.1 Å². The maximum atomic E-state index is 12.5. The lowest BCUT2D eigenvalue weighted by Gasteiger charge is -2.10. The molecule has 0 bridgehead atoms. The minimum absolute atomic E-state index is 0.137. The summed E-state index contributed by atoms with van der Waals surface area (Å²) in [7, 11) is 0. The van der Waals surface area contributed by atoms with Crippen LogP contribution in [0.3, 0.4) is 0 Å². The fourth-order valence-corrected chi connectivity index (χ4v) is 3.09. The van der Waals surface area contributed by atoms with E-state index >= 15 is 0 Å². The largest absolute Gasteiger partial charge is 0.593 e. The van der Waals surface area contributed by atoms with Gasteiger partial charge in [0.25, 0.3) is 5.91 Å². The van der Waals surface area contributed by atoms with E-state index in [1.165, 1.54) is 0 Å². The quantitative estimate of drug-likeness (QED) is 0.368. The molecule has 0 fully saturated rings. The number of para-hydroxylation sites is 1. The van der Waals surface area contributed by atoms with Gasteiger partial charge in [0.2, 0.25) is 5.91 Å². The van der Waals surface area contributed by atoms with E-state index < -0.39 is 11.4 Å². The van der Waals surface area contributed by atoms with Crippen molar-refractivity contribution in [2.75, 3.05) is 16.4 Å². The number of nitrogens with two attached hydrogens (primary N) is 2. The van der Waals surface area contributed by atoms with Gasteiger partial charge in [0.05, 0.1) is 17.8 Å². The van der Waals surface area contributed by atoms with Gasteiger partial charge in [-0.25, -0.2) is 0 Å². The van der Waals surface area contributed by atoms with Crippen LogP contribution < -0.4 is 21.5 Å². The van der Waals surface area contributed by atoms with Crippen LogP contribution in [0.4, 0.5) is 17.1 Å². The van der Waals surface area contributed by atoms with Crippen LogP contribution >= 0.6 is 0 Å². The van der Waals surface area contributed by atoms with Crippen molar-refractivity contribution in [3.8, 4) is 0 Å². The Balaban J connectivity index is 1.64. The second-order valence-corrected chi connectivity index (χ2v) is 7.35. The third kappa shape index (κ3) is 5.58. The molecule has 3 rings (SSSR count). The third-order valence-electron chi connectivity index (χ3n) is 4.16. The molecule has 0 aliphatic carbocycles. The van der Waals surface area contributed by atoms with Crippen molar-refractivity contribution >= 4 is 40.2 Å². The number of carbonyl (C=O) groups excluding carboxylic acids is 2. The smallest absolute Gasteiger partial charge is 0.255 e. The van der Waals surface area contributed by atoms with Gasteiger partial charge in [-0.1, -0.05) is 24.3 Å². The number of nitrogens with one attached hydrogen (secondary N) is 2. The van der Waals surface area contributed by atoms with Crippen LogP contribution in [-0.2, 0) is 22.6 Å². The zero-order valence-electron chi connectivity index (χ0n) is 15.4. The summed E-state index contributed by atoms with van der Waals surface area (Å²) in [6.07, 6.45) is 0.137. The Labute approximate surface area is 171 Å². The van der Waals surface area contributed by atoms with E-state index in [2.05, 4.69) is 10.6 Å². The predicted molar refractivity (Wildman–Crippen MR) is 115 cm³/mol. The van der Waals surface area contributed by atoms with Crippen molar-refractivity contribution in [1.29, 1.82) is 0 Å². The van der Waals surface area contributed by atoms with E-state index in [9.17, 15) is 14.1 Å². The summed E-state index contributed by atoms with van der Waals surface area (Å²) < 4.78 is 11.2. The number of hydrogen-bond acceptors (Lipinski definition) is 5. The van der Waals surface area contributed by atoms with Gasteiger partial charge >= 0.3 is 0 Å². The van der Waals surface area contributed by atoms with Crippen molar-refractivity contribution in [3.05, 3.63) is 83.9 Å². The van der Waals surface area contributed by atoms with Gasteiger partial charge in [-0.2, -0.15) is 0 Å². The third-order valence-corrected chi connectivity index (χ3v) is 4.90. The van der Waals surface area contributed by atoms with Gasteiger partial charge < -0.3 is 20.9 Å². The Bertz CT molecular complexity index is 1020. The highest BCUT2D eigenvalue weighted by atomic mass is 32.2. The molecular weight excluding hydrogens is 388 g/mol. The molecule has 3 aromatic carbocycles. The second kappa shape index (κ2) is 9.24. The van der Waals surface area contributed by atoms with Crippen LogP contribution in [0, 0.1) is 0 Å². The summed E-state index contributed by atoms with van der Waals surface area (Å²) in [5.41, 5.74) is 8.59. The molecule has 0 heterocycles. The molecule has 0 spiro atoms. The van der Waals surface area contributed by atoms with E-state index in [4.69, 9.17) is 10.9 Å². The number of anilines is 3. The number of amides is 2. The summed E-state index contributed by atoms with van der Waals surface area (Å²) in [4.78, 5) is 25.2. The predicted octanol–water partition coefficient (Wildman–Crippen LogP) is 2.68. The topological polar surface area (TPSA) is 133 Å². The number of benzene rings is 3. The molecule has 29 heavy (non-hydrogen) atoms. The SMILES string of the molecule is Nc1ccccc1CC(=O)Nc1cccc(C(=O)Nc2ccc([S+](N)[O-])cc2)c1. The van der Waals surface area contributed by atoms with Gasteiger partial charge in [-0.15, -0.1) is 5.14 Å². The molecule has 1 atom stereocenters. The molecule has 0 aliphatic heterocycles. The van der Waals surface area contributed by atoms with E-state index in [1.807, 2.05) is 12.1 Å². The molecule has 2 amide bonds. The molecule has 0 saturated carbocycles. The van der Waals surface area contributed by atoms with Crippen molar-refractivity contribution < 1.29 is 14.1 Å². The first-order valence-electron chi connectivity index (χ1n) is 8.73. The Kier molecular flexibility index (Phi) is 6.50. The molecule has 0 saturated heterocycles. The first-order valence-corrected chi connectivity index (χ1v) is 9.94. The molecule has 0 aromatic heterocycles. The Morgan fingerprint density at radius 3 is 2.31 bits per heavy atom. The lowest BCUT2D eigenvalue weighted by atomic mass is 10.1. The van der Waals surface area contributed by atoms with Crippen LogP contribution in [0.2, 0.25) is 0 Å². The van der Waals surface area contributed by atoms with Crippen LogP contribution in [0.25, 0.3) is 0 Å². The zero-order valence-corrected chi connectivity index (χ0v) is 16.2. The van der Waals surface area contributed by atoms with Crippen LogP contribution in [0.1, 0.15) is 15.9 Å². The van der Waals surface area contributed by atoms with Gasteiger partial charge in [0.15, 0.2) is 4.90 Å². The fraction of sp³-hybridized carbons (Fsp3) is 0.0476. The summed E-state index contributed by atoms with van der Waals surface area (Å²) in [6.45, 7) is 0. The highest BCUT2D eigenvalue weighted by molar-refractivity contribution is 7.89. The summed E-state index contributed by atoms with van der Waals surface area (Å²) in [6, 6.07) is 20.2. The molecule has 0 radical (unpaired) electrons. The molecule has 8 heteroatoms. The number of rotatable bonds is 6. The Hall–Kier alpha value is -3.33. The average Bonchev–Trinajstić information content (AvgIpc) is 2.70. The van der Waals surface area contributed by atoms with Gasteiger partial charge in [-0.3, -0.25) is 9.59 Å². The summed E-state index contributed by atoms with van der Waals surface area (Å²) in [5.74, 6) is -0.569.